The summed E-state index contributed by atoms with van der Waals surface area (Å²) in [6.45, 7) is 5.35. The van der Waals surface area contributed by atoms with Gasteiger partial charge in [0.05, 0.1) is 10.5 Å². The number of halogens is 1. The third-order valence-electron chi connectivity index (χ3n) is 2.59. The lowest BCUT2D eigenvalue weighted by molar-refractivity contribution is -0.387. The van der Waals surface area contributed by atoms with Crippen LogP contribution in [0.15, 0.2) is 18.2 Å². The number of para-hydroxylation sites is 1. The van der Waals surface area contributed by atoms with E-state index in [1.54, 1.807) is 26.8 Å². The number of nitro groups is 1. The second-order valence-electron chi connectivity index (χ2n) is 5.24. The van der Waals surface area contributed by atoms with E-state index in [-0.39, 0.29) is 11.3 Å². The number of carboxylic acid groups (broad SMARTS) is 2. The minimum atomic E-state index is -1.90. The zero-order chi connectivity index (χ0) is 17.7. The standard InChI is InChI=1S/C12H15NO5.CHClO2/c1-12(2,3)8-6-4-5-7(9(8)13(17)18)10(14)11(15)16;2-1(3)4/h4-6,10,14H,1-3H3,(H,15,16);(H,3,4). The van der Waals surface area contributed by atoms with Gasteiger partial charge in [-0.3, -0.25) is 10.1 Å². The second-order valence-corrected chi connectivity index (χ2v) is 5.57. The lowest BCUT2D eigenvalue weighted by Crippen LogP contribution is -2.18. The summed E-state index contributed by atoms with van der Waals surface area (Å²) in [6.07, 6.45) is -1.90. The summed E-state index contributed by atoms with van der Waals surface area (Å²) < 4.78 is 0. The third kappa shape index (κ3) is 5.66. The molecule has 1 unspecified atom stereocenters. The fraction of sp³-hybridized carbons (Fsp3) is 0.385. The van der Waals surface area contributed by atoms with Gasteiger partial charge in [0.25, 0.3) is 5.69 Å². The first kappa shape index (κ1) is 19.8. The average molecular weight is 334 g/mol. The van der Waals surface area contributed by atoms with E-state index in [1.807, 2.05) is 0 Å². The van der Waals surface area contributed by atoms with Crippen LogP contribution in [0.2, 0.25) is 0 Å². The Hall–Kier alpha value is -2.19. The van der Waals surface area contributed by atoms with E-state index in [2.05, 4.69) is 11.6 Å². The van der Waals surface area contributed by atoms with Crippen LogP contribution >= 0.6 is 11.6 Å². The summed E-state index contributed by atoms with van der Waals surface area (Å²) in [4.78, 5) is 30.0. The Morgan fingerprint density at radius 2 is 1.73 bits per heavy atom. The van der Waals surface area contributed by atoms with Gasteiger partial charge in [-0.15, -0.1) is 0 Å². The summed E-state index contributed by atoms with van der Waals surface area (Å²) in [5.41, 5.74) is -2.01. The minimum absolute atomic E-state index is 0.195. The molecule has 8 nitrogen and oxygen atoms in total. The van der Waals surface area contributed by atoms with Crippen LogP contribution in [0.25, 0.3) is 0 Å². The zero-order valence-electron chi connectivity index (χ0n) is 12.1. The van der Waals surface area contributed by atoms with Gasteiger partial charge in [-0.25, -0.2) is 9.59 Å². The number of carboxylic acids is 1. The Morgan fingerprint density at radius 3 is 2.05 bits per heavy atom. The van der Waals surface area contributed by atoms with Crippen LogP contribution in [0.4, 0.5) is 10.5 Å². The van der Waals surface area contributed by atoms with E-state index in [4.69, 9.17) is 15.0 Å². The van der Waals surface area contributed by atoms with Gasteiger partial charge in [-0.1, -0.05) is 32.9 Å². The molecule has 0 radical (unpaired) electrons. The van der Waals surface area contributed by atoms with Gasteiger partial charge in [0.2, 0.25) is 0 Å². The molecule has 0 saturated heterocycles. The summed E-state index contributed by atoms with van der Waals surface area (Å²) in [5, 5.41) is 36.6. The number of aliphatic hydroxyl groups is 1. The first-order valence-electron chi connectivity index (χ1n) is 5.96. The zero-order valence-corrected chi connectivity index (χ0v) is 12.9. The number of rotatable bonds is 3. The lowest BCUT2D eigenvalue weighted by atomic mass is 9.84. The number of hydrogen-bond acceptors (Lipinski definition) is 5. The molecule has 0 saturated carbocycles. The van der Waals surface area contributed by atoms with Crippen LogP contribution in [0, 0.1) is 10.1 Å². The average Bonchev–Trinajstić information content (AvgIpc) is 2.34. The molecule has 0 amide bonds. The number of benzene rings is 1. The summed E-state index contributed by atoms with van der Waals surface area (Å²) in [7, 11) is 0. The van der Waals surface area contributed by atoms with Gasteiger partial charge in [-0.05, 0) is 11.5 Å². The van der Waals surface area contributed by atoms with E-state index < -0.39 is 27.8 Å². The predicted molar refractivity (Wildman–Crippen MR) is 78.3 cm³/mol. The van der Waals surface area contributed by atoms with Crippen molar-refractivity contribution >= 4 is 28.7 Å². The van der Waals surface area contributed by atoms with E-state index in [9.17, 15) is 20.0 Å². The fourth-order valence-electron chi connectivity index (χ4n) is 1.72. The van der Waals surface area contributed by atoms with Gasteiger partial charge >= 0.3 is 11.4 Å². The highest BCUT2D eigenvalue weighted by molar-refractivity contribution is 6.60. The Morgan fingerprint density at radius 1 is 1.27 bits per heavy atom. The van der Waals surface area contributed by atoms with E-state index in [1.165, 1.54) is 12.1 Å². The van der Waals surface area contributed by atoms with Crippen molar-refractivity contribution in [1.82, 2.24) is 0 Å². The van der Waals surface area contributed by atoms with Gasteiger partial charge in [0, 0.05) is 17.2 Å². The normalized spacial score (nSPS) is 11.9. The van der Waals surface area contributed by atoms with Crippen LogP contribution < -0.4 is 0 Å². The van der Waals surface area contributed by atoms with Crippen LogP contribution in [0.5, 0.6) is 0 Å². The van der Waals surface area contributed by atoms with Crippen LogP contribution in [0.3, 0.4) is 0 Å². The topological polar surface area (TPSA) is 138 Å². The first-order valence-corrected chi connectivity index (χ1v) is 6.34. The Bertz CT molecular complexity index is 576. The SMILES string of the molecule is CC(C)(C)c1cccc(C(O)C(=O)O)c1[N+](=O)[O-].O=C(O)Cl. The minimum Gasteiger partial charge on any atom is -0.479 e. The van der Waals surface area contributed by atoms with E-state index in [0.29, 0.717) is 5.56 Å². The molecular weight excluding hydrogens is 318 g/mol. The quantitative estimate of drug-likeness (QED) is 0.439. The van der Waals surface area contributed by atoms with Crippen molar-refractivity contribution in [3.05, 3.63) is 39.4 Å². The molecule has 0 heterocycles. The highest BCUT2D eigenvalue weighted by Gasteiger charge is 2.32. The first-order chi connectivity index (χ1) is 9.89. The molecule has 1 rings (SSSR count). The molecule has 22 heavy (non-hydrogen) atoms. The molecule has 0 aliphatic carbocycles. The molecule has 1 atom stereocenters. The third-order valence-corrected chi connectivity index (χ3v) is 2.59. The number of hydrogen-bond donors (Lipinski definition) is 3. The van der Waals surface area contributed by atoms with Crippen molar-refractivity contribution < 1.29 is 29.8 Å². The van der Waals surface area contributed by atoms with Crippen LogP contribution in [0.1, 0.15) is 38.0 Å². The fourth-order valence-corrected chi connectivity index (χ4v) is 1.72. The number of nitro benzene ring substituents is 1. The Kier molecular flexibility index (Phi) is 6.95. The van der Waals surface area contributed by atoms with Crippen molar-refractivity contribution in [3.63, 3.8) is 0 Å². The van der Waals surface area contributed by atoms with Crippen LogP contribution in [-0.2, 0) is 10.2 Å². The van der Waals surface area contributed by atoms with Gasteiger partial charge in [-0.2, -0.15) is 0 Å². The molecule has 1 aromatic rings. The second kappa shape index (κ2) is 7.71. The molecule has 3 N–H and O–H groups in total. The Balaban J connectivity index is 0.000000980. The van der Waals surface area contributed by atoms with Crippen molar-refractivity contribution in [1.29, 1.82) is 0 Å². The molecule has 0 fully saturated rings. The molecule has 0 aliphatic rings. The number of aliphatic hydroxyl groups excluding tert-OH is 1. The summed E-state index contributed by atoms with van der Waals surface area (Å²) >= 11 is 4.19. The molecular formula is C13H16ClNO7. The molecule has 0 aromatic heterocycles. The number of nitrogens with zero attached hydrogens (tertiary/aromatic N) is 1. The largest absolute Gasteiger partial charge is 0.479 e. The van der Waals surface area contributed by atoms with Gasteiger partial charge in [0.15, 0.2) is 6.10 Å². The Labute approximate surface area is 131 Å². The lowest BCUT2D eigenvalue weighted by Gasteiger charge is -2.20. The number of carbonyl (C=O) groups is 2. The highest BCUT2D eigenvalue weighted by atomic mass is 35.5. The number of aliphatic carboxylic acids is 1. The maximum Gasteiger partial charge on any atom is 0.401 e. The molecule has 0 bridgehead atoms. The van der Waals surface area contributed by atoms with Crippen molar-refractivity contribution in [2.24, 2.45) is 0 Å². The van der Waals surface area contributed by atoms with Crippen molar-refractivity contribution in [2.45, 2.75) is 32.3 Å². The molecule has 0 aliphatic heterocycles. The molecule has 9 heteroatoms. The molecule has 122 valence electrons. The van der Waals surface area contributed by atoms with Crippen molar-refractivity contribution in [3.8, 4) is 0 Å². The maximum atomic E-state index is 11.1. The van der Waals surface area contributed by atoms with Crippen LogP contribution in [-0.4, -0.2) is 31.6 Å². The van der Waals surface area contributed by atoms with Gasteiger partial charge < -0.3 is 15.3 Å². The smallest absolute Gasteiger partial charge is 0.401 e. The summed E-state index contributed by atoms with van der Waals surface area (Å²) in [5.74, 6) is -1.51. The monoisotopic (exact) mass is 333 g/mol. The molecule has 0 spiro atoms. The molecule has 1 aromatic carbocycles. The van der Waals surface area contributed by atoms with Crippen molar-refractivity contribution in [2.75, 3.05) is 0 Å². The maximum absolute atomic E-state index is 11.1. The predicted octanol–water partition coefficient (Wildman–Crippen LogP) is 2.91. The van der Waals surface area contributed by atoms with Gasteiger partial charge in [0.1, 0.15) is 0 Å². The summed E-state index contributed by atoms with van der Waals surface area (Å²) in [6, 6.07) is 4.33. The highest BCUT2D eigenvalue weighted by Crippen LogP contribution is 2.36. The van der Waals surface area contributed by atoms with E-state index >= 15 is 0 Å². The van der Waals surface area contributed by atoms with E-state index in [0.717, 1.165) is 0 Å².